The summed E-state index contributed by atoms with van der Waals surface area (Å²) in [5.41, 5.74) is 0. The van der Waals surface area contributed by atoms with Crippen molar-refractivity contribution in [3.8, 4) is 0 Å². The predicted molar refractivity (Wildman–Crippen MR) is 71.0 cm³/mol. The Balaban J connectivity index is 2.37. The Kier molecular flexibility index (Phi) is 5.92. The minimum absolute atomic E-state index is 0.00962. The molecule has 4 heteroatoms. The maximum atomic E-state index is 11.6. The van der Waals surface area contributed by atoms with Crippen molar-refractivity contribution in [2.45, 2.75) is 45.7 Å². The summed E-state index contributed by atoms with van der Waals surface area (Å²) in [6.45, 7) is 9.53. The summed E-state index contributed by atoms with van der Waals surface area (Å²) in [7, 11) is 1.71. The summed E-state index contributed by atoms with van der Waals surface area (Å²) < 4.78 is 0. The number of likely N-dealkylation sites (tertiary alicyclic amines) is 1. The minimum Gasteiger partial charge on any atom is -0.358 e. The van der Waals surface area contributed by atoms with Gasteiger partial charge >= 0.3 is 0 Å². The normalized spacial score (nSPS) is 22.1. The van der Waals surface area contributed by atoms with Crippen LogP contribution in [0, 0.1) is 5.92 Å². The summed E-state index contributed by atoms with van der Waals surface area (Å²) in [4.78, 5) is 13.8. The van der Waals surface area contributed by atoms with Crippen LogP contribution in [0.2, 0.25) is 0 Å². The predicted octanol–water partition coefficient (Wildman–Crippen LogP) is 0.831. The summed E-state index contributed by atoms with van der Waals surface area (Å²) in [6, 6.07) is 0.604. The van der Waals surface area contributed by atoms with Crippen LogP contribution in [-0.4, -0.2) is 49.6 Å². The van der Waals surface area contributed by atoms with Crippen LogP contribution in [0.4, 0.5) is 0 Å². The Hall–Kier alpha value is -0.610. The van der Waals surface area contributed by atoms with Crippen molar-refractivity contribution in [1.29, 1.82) is 0 Å². The molecule has 0 saturated carbocycles. The van der Waals surface area contributed by atoms with Crippen LogP contribution in [-0.2, 0) is 4.79 Å². The molecule has 2 unspecified atom stereocenters. The average Bonchev–Trinajstić information content (AvgIpc) is 2.37. The summed E-state index contributed by atoms with van der Waals surface area (Å²) in [5.74, 6) is 0.881. The van der Waals surface area contributed by atoms with Gasteiger partial charge in [0.05, 0.1) is 6.04 Å². The third-order valence-electron chi connectivity index (χ3n) is 3.98. The van der Waals surface area contributed by atoms with Crippen molar-refractivity contribution in [2.24, 2.45) is 5.92 Å². The van der Waals surface area contributed by atoms with E-state index in [1.165, 1.54) is 12.8 Å². The zero-order chi connectivity index (χ0) is 12.8. The van der Waals surface area contributed by atoms with Crippen molar-refractivity contribution >= 4 is 5.91 Å². The van der Waals surface area contributed by atoms with Crippen LogP contribution in [0.15, 0.2) is 0 Å². The van der Waals surface area contributed by atoms with Gasteiger partial charge in [0.15, 0.2) is 0 Å². The highest BCUT2D eigenvalue weighted by Crippen LogP contribution is 2.21. The second kappa shape index (κ2) is 6.97. The molecule has 1 fully saturated rings. The molecule has 1 amide bonds. The van der Waals surface area contributed by atoms with Gasteiger partial charge in [-0.2, -0.15) is 0 Å². The number of amides is 1. The first-order valence-electron chi connectivity index (χ1n) is 6.79. The lowest BCUT2D eigenvalue weighted by Gasteiger charge is -2.37. The van der Waals surface area contributed by atoms with Crippen molar-refractivity contribution in [2.75, 3.05) is 26.7 Å². The largest absolute Gasteiger partial charge is 0.358 e. The van der Waals surface area contributed by atoms with E-state index in [1.807, 2.05) is 6.92 Å². The maximum absolute atomic E-state index is 11.6. The monoisotopic (exact) mass is 241 g/mol. The van der Waals surface area contributed by atoms with E-state index in [2.05, 4.69) is 29.4 Å². The van der Waals surface area contributed by atoms with Gasteiger partial charge in [-0.15, -0.1) is 0 Å². The van der Waals surface area contributed by atoms with Gasteiger partial charge in [0.25, 0.3) is 0 Å². The number of nitrogens with zero attached hydrogens (tertiary/aromatic N) is 1. The summed E-state index contributed by atoms with van der Waals surface area (Å²) >= 11 is 0. The Labute approximate surface area is 105 Å². The van der Waals surface area contributed by atoms with E-state index >= 15 is 0 Å². The molecule has 0 aliphatic carbocycles. The smallest absolute Gasteiger partial charge is 0.236 e. The van der Waals surface area contributed by atoms with Gasteiger partial charge in [0.2, 0.25) is 5.91 Å². The fraction of sp³-hybridized carbons (Fsp3) is 0.923. The Morgan fingerprint density at radius 2 is 1.94 bits per heavy atom. The Morgan fingerprint density at radius 3 is 2.41 bits per heavy atom. The van der Waals surface area contributed by atoms with Gasteiger partial charge in [0.1, 0.15) is 0 Å². The molecular weight excluding hydrogens is 214 g/mol. The fourth-order valence-corrected chi connectivity index (χ4v) is 2.67. The number of hydrogen-bond acceptors (Lipinski definition) is 3. The van der Waals surface area contributed by atoms with E-state index in [1.54, 1.807) is 7.05 Å². The zero-order valence-electron chi connectivity index (χ0n) is 11.6. The first-order valence-corrected chi connectivity index (χ1v) is 6.79. The third kappa shape index (κ3) is 3.96. The lowest BCUT2D eigenvalue weighted by Crippen LogP contribution is -2.49. The molecule has 1 rings (SSSR count). The van der Waals surface area contributed by atoms with E-state index < -0.39 is 0 Å². The SMILES string of the molecule is CCNC(C)C1CCN(C(C)C(=O)NC)CC1. The fourth-order valence-electron chi connectivity index (χ4n) is 2.67. The molecule has 1 heterocycles. The minimum atomic E-state index is 0.00962. The van der Waals surface area contributed by atoms with Gasteiger partial charge < -0.3 is 10.6 Å². The average molecular weight is 241 g/mol. The molecule has 0 aromatic carbocycles. The number of rotatable bonds is 5. The molecule has 17 heavy (non-hydrogen) atoms. The second-order valence-corrected chi connectivity index (χ2v) is 5.01. The topological polar surface area (TPSA) is 44.4 Å². The first-order chi connectivity index (χ1) is 8.10. The van der Waals surface area contributed by atoms with Crippen molar-refractivity contribution in [3.63, 3.8) is 0 Å². The highest BCUT2D eigenvalue weighted by molar-refractivity contribution is 5.80. The molecule has 0 spiro atoms. The van der Waals surface area contributed by atoms with Crippen LogP contribution in [0.3, 0.4) is 0 Å². The standard InChI is InChI=1S/C13H27N3O/c1-5-15-10(2)12-6-8-16(9-7-12)11(3)13(17)14-4/h10-12,15H,5-9H2,1-4H3,(H,14,17). The highest BCUT2D eigenvalue weighted by Gasteiger charge is 2.28. The molecule has 4 nitrogen and oxygen atoms in total. The maximum Gasteiger partial charge on any atom is 0.236 e. The number of nitrogens with one attached hydrogen (secondary N) is 2. The van der Waals surface area contributed by atoms with Gasteiger partial charge in [0, 0.05) is 13.1 Å². The molecule has 0 radical (unpaired) electrons. The Morgan fingerprint density at radius 1 is 1.35 bits per heavy atom. The highest BCUT2D eigenvalue weighted by atomic mass is 16.2. The van der Waals surface area contributed by atoms with E-state index in [0.29, 0.717) is 6.04 Å². The molecule has 1 saturated heterocycles. The molecule has 100 valence electrons. The number of hydrogen-bond donors (Lipinski definition) is 2. The zero-order valence-corrected chi connectivity index (χ0v) is 11.6. The second-order valence-electron chi connectivity index (χ2n) is 5.01. The number of piperidine rings is 1. The lowest BCUT2D eigenvalue weighted by atomic mass is 9.89. The summed E-state index contributed by atoms with van der Waals surface area (Å²) in [6.07, 6.45) is 2.38. The number of likely N-dealkylation sites (N-methyl/N-ethyl adjacent to an activating group) is 1. The van der Waals surface area contributed by atoms with E-state index in [-0.39, 0.29) is 11.9 Å². The molecule has 0 bridgehead atoms. The quantitative estimate of drug-likeness (QED) is 0.749. The molecule has 2 N–H and O–H groups in total. The molecular formula is C13H27N3O. The third-order valence-corrected chi connectivity index (χ3v) is 3.98. The Bertz CT molecular complexity index is 237. The molecule has 0 aromatic heterocycles. The summed E-state index contributed by atoms with van der Waals surface area (Å²) in [5, 5.41) is 6.22. The molecule has 0 aromatic rings. The van der Waals surface area contributed by atoms with Gasteiger partial charge in [-0.1, -0.05) is 6.92 Å². The van der Waals surface area contributed by atoms with Gasteiger partial charge in [-0.05, 0) is 52.2 Å². The van der Waals surface area contributed by atoms with Gasteiger partial charge in [-0.3, -0.25) is 9.69 Å². The van der Waals surface area contributed by atoms with Crippen LogP contribution < -0.4 is 10.6 Å². The van der Waals surface area contributed by atoms with Crippen LogP contribution >= 0.6 is 0 Å². The van der Waals surface area contributed by atoms with Crippen LogP contribution in [0.1, 0.15) is 33.6 Å². The molecule has 1 aliphatic rings. The van der Waals surface area contributed by atoms with Crippen LogP contribution in [0.5, 0.6) is 0 Å². The van der Waals surface area contributed by atoms with Crippen LogP contribution in [0.25, 0.3) is 0 Å². The van der Waals surface area contributed by atoms with Crippen molar-refractivity contribution in [1.82, 2.24) is 15.5 Å². The first kappa shape index (κ1) is 14.5. The molecule has 2 atom stereocenters. The van der Waals surface area contributed by atoms with Crippen molar-refractivity contribution < 1.29 is 4.79 Å². The number of carbonyl (C=O) groups is 1. The number of carbonyl (C=O) groups excluding carboxylic acids is 1. The van der Waals surface area contributed by atoms with E-state index in [9.17, 15) is 4.79 Å². The van der Waals surface area contributed by atoms with Gasteiger partial charge in [-0.25, -0.2) is 0 Å². The van der Waals surface area contributed by atoms with E-state index in [4.69, 9.17) is 0 Å². The molecule has 1 aliphatic heterocycles. The lowest BCUT2D eigenvalue weighted by molar-refractivity contribution is -0.125. The van der Waals surface area contributed by atoms with E-state index in [0.717, 1.165) is 25.6 Å². The van der Waals surface area contributed by atoms with Crippen molar-refractivity contribution in [3.05, 3.63) is 0 Å².